The Kier molecular flexibility index (Phi) is 7.38. The van der Waals surface area contributed by atoms with Gasteiger partial charge in [0, 0.05) is 29.5 Å². The number of morpholine rings is 1. The first-order valence-electron chi connectivity index (χ1n) is 8.79. The average molecular weight is 429 g/mol. The molecule has 0 spiro atoms. The fourth-order valence-electron chi connectivity index (χ4n) is 2.94. The highest BCUT2D eigenvalue weighted by atomic mass is 35.5. The molecule has 2 aromatic rings. The first-order chi connectivity index (χ1) is 13.0. The summed E-state index contributed by atoms with van der Waals surface area (Å²) in [4.78, 5) is 16.1. The highest BCUT2D eigenvalue weighted by molar-refractivity contribution is 7.10. The molecule has 27 heavy (non-hydrogen) atoms. The summed E-state index contributed by atoms with van der Waals surface area (Å²) in [5.41, 5.74) is 0. The summed E-state index contributed by atoms with van der Waals surface area (Å²) < 4.78 is 11.1. The van der Waals surface area contributed by atoms with Crippen LogP contribution in [-0.4, -0.2) is 49.8 Å². The molecule has 5 nitrogen and oxygen atoms in total. The standard InChI is InChI=1S/C19H22Cl2N2O3S/c1-13(26-17-5-4-14(20)11-15(17)21)19(24)22-12-16(18-3-2-10-27-18)23-6-8-25-9-7-23/h2-5,10-11,13,16H,6-9,12H2,1H3,(H,22,24)/t13-,16+/m1/s1. The molecule has 1 aliphatic heterocycles. The molecule has 1 amide bonds. The van der Waals surface area contributed by atoms with Crippen LogP contribution < -0.4 is 10.1 Å². The third kappa shape index (κ3) is 5.59. The summed E-state index contributed by atoms with van der Waals surface area (Å²) in [7, 11) is 0. The van der Waals surface area contributed by atoms with E-state index in [1.807, 2.05) is 6.07 Å². The molecule has 0 unspecified atom stereocenters. The Hall–Kier alpha value is -1.31. The molecular formula is C19H22Cl2N2O3S. The summed E-state index contributed by atoms with van der Waals surface area (Å²) in [5.74, 6) is 0.252. The summed E-state index contributed by atoms with van der Waals surface area (Å²) in [6.45, 7) is 5.35. The number of nitrogens with one attached hydrogen (secondary N) is 1. The molecule has 8 heteroatoms. The number of halogens is 2. The molecule has 146 valence electrons. The second-order valence-electron chi connectivity index (χ2n) is 6.26. The van der Waals surface area contributed by atoms with Crippen LogP contribution in [-0.2, 0) is 9.53 Å². The molecule has 3 rings (SSSR count). The van der Waals surface area contributed by atoms with Gasteiger partial charge in [0.1, 0.15) is 5.75 Å². The van der Waals surface area contributed by atoms with Gasteiger partial charge in [-0.3, -0.25) is 9.69 Å². The molecule has 1 fully saturated rings. The normalized spacial score (nSPS) is 17.3. The Labute approximate surface area is 173 Å². The topological polar surface area (TPSA) is 50.8 Å². The summed E-state index contributed by atoms with van der Waals surface area (Å²) in [6.07, 6.45) is -0.669. The molecule has 2 heterocycles. The Balaban J connectivity index is 1.59. The third-order valence-corrected chi connectivity index (χ3v) is 5.90. The van der Waals surface area contributed by atoms with E-state index in [0.29, 0.717) is 35.6 Å². The van der Waals surface area contributed by atoms with E-state index in [-0.39, 0.29) is 11.9 Å². The smallest absolute Gasteiger partial charge is 0.260 e. The monoisotopic (exact) mass is 428 g/mol. The zero-order valence-corrected chi connectivity index (χ0v) is 17.3. The summed E-state index contributed by atoms with van der Waals surface area (Å²) in [6, 6.07) is 9.20. The number of carbonyl (C=O) groups is 1. The molecule has 0 saturated carbocycles. The van der Waals surface area contributed by atoms with E-state index in [9.17, 15) is 4.79 Å². The lowest BCUT2D eigenvalue weighted by molar-refractivity contribution is -0.127. The number of hydrogen-bond acceptors (Lipinski definition) is 5. The van der Waals surface area contributed by atoms with Crippen LogP contribution in [0.25, 0.3) is 0 Å². The first-order valence-corrected chi connectivity index (χ1v) is 10.4. The van der Waals surface area contributed by atoms with E-state index in [0.717, 1.165) is 13.1 Å². The molecule has 0 aliphatic carbocycles. The molecule has 1 aromatic carbocycles. The van der Waals surface area contributed by atoms with Gasteiger partial charge < -0.3 is 14.8 Å². The predicted octanol–water partition coefficient (Wildman–Crippen LogP) is 4.01. The SMILES string of the molecule is C[C@@H](Oc1ccc(Cl)cc1Cl)C(=O)NC[C@@H](c1cccs1)N1CCOCC1. The third-order valence-electron chi connectivity index (χ3n) is 4.39. The van der Waals surface area contributed by atoms with E-state index in [2.05, 4.69) is 21.7 Å². The number of rotatable bonds is 7. The number of carbonyl (C=O) groups excluding carboxylic acids is 1. The van der Waals surface area contributed by atoms with Crippen LogP contribution in [0.3, 0.4) is 0 Å². The number of benzene rings is 1. The minimum atomic E-state index is -0.669. The van der Waals surface area contributed by atoms with Gasteiger partial charge in [-0.25, -0.2) is 0 Å². The highest BCUT2D eigenvalue weighted by Crippen LogP contribution is 2.28. The molecule has 1 saturated heterocycles. The van der Waals surface area contributed by atoms with Crippen LogP contribution in [0.15, 0.2) is 35.7 Å². The predicted molar refractivity (Wildman–Crippen MR) is 109 cm³/mol. The Morgan fingerprint density at radius 1 is 1.33 bits per heavy atom. The number of thiophene rings is 1. The fraction of sp³-hybridized carbons (Fsp3) is 0.421. The molecular weight excluding hydrogens is 407 g/mol. The lowest BCUT2D eigenvalue weighted by Gasteiger charge is -2.34. The van der Waals surface area contributed by atoms with E-state index in [1.165, 1.54) is 4.88 Å². The summed E-state index contributed by atoms with van der Waals surface area (Å²) >= 11 is 13.7. The van der Waals surface area contributed by atoms with E-state index in [4.69, 9.17) is 32.7 Å². The zero-order chi connectivity index (χ0) is 19.2. The highest BCUT2D eigenvalue weighted by Gasteiger charge is 2.25. The molecule has 0 bridgehead atoms. The van der Waals surface area contributed by atoms with Crippen molar-refractivity contribution < 1.29 is 14.3 Å². The lowest BCUT2D eigenvalue weighted by Crippen LogP contribution is -2.45. The number of amides is 1. The van der Waals surface area contributed by atoms with Gasteiger partial charge in [-0.2, -0.15) is 0 Å². The van der Waals surface area contributed by atoms with Crippen molar-refractivity contribution in [3.63, 3.8) is 0 Å². The van der Waals surface area contributed by atoms with Crippen LogP contribution in [0.2, 0.25) is 10.0 Å². The van der Waals surface area contributed by atoms with Crippen LogP contribution in [0.1, 0.15) is 17.8 Å². The first kappa shape index (κ1) is 20.4. The van der Waals surface area contributed by atoms with Gasteiger partial charge in [0.2, 0.25) is 0 Å². The zero-order valence-electron chi connectivity index (χ0n) is 15.0. The second kappa shape index (κ2) is 9.75. The van der Waals surface area contributed by atoms with Crippen LogP contribution in [0.4, 0.5) is 0 Å². The number of ether oxygens (including phenoxy) is 2. The maximum absolute atomic E-state index is 12.5. The van der Waals surface area contributed by atoms with Crippen molar-refractivity contribution in [2.75, 3.05) is 32.8 Å². The van der Waals surface area contributed by atoms with Crippen molar-refractivity contribution in [3.8, 4) is 5.75 Å². The number of nitrogens with zero attached hydrogens (tertiary/aromatic N) is 1. The van der Waals surface area contributed by atoms with Gasteiger partial charge in [0.15, 0.2) is 6.10 Å². The Bertz CT molecular complexity index is 751. The quantitative estimate of drug-likeness (QED) is 0.723. The van der Waals surface area contributed by atoms with Crippen LogP contribution in [0.5, 0.6) is 5.75 Å². The van der Waals surface area contributed by atoms with Gasteiger partial charge >= 0.3 is 0 Å². The maximum Gasteiger partial charge on any atom is 0.260 e. The van der Waals surface area contributed by atoms with Crippen LogP contribution in [0, 0.1) is 0 Å². The van der Waals surface area contributed by atoms with Crippen molar-refractivity contribution in [1.82, 2.24) is 10.2 Å². The minimum absolute atomic E-state index is 0.129. The Morgan fingerprint density at radius 2 is 2.11 bits per heavy atom. The van der Waals surface area contributed by atoms with E-state index in [1.54, 1.807) is 36.5 Å². The molecule has 1 aliphatic rings. The lowest BCUT2D eigenvalue weighted by atomic mass is 10.2. The fourth-order valence-corrected chi connectivity index (χ4v) is 4.25. The average Bonchev–Trinajstić information content (AvgIpc) is 3.19. The van der Waals surface area contributed by atoms with Gasteiger partial charge in [0.25, 0.3) is 5.91 Å². The van der Waals surface area contributed by atoms with Crippen molar-refractivity contribution in [1.29, 1.82) is 0 Å². The minimum Gasteiger partial charge on any atom is -0.479 e. The molecule has 1 N–H and O–H groups in total. The van der Waals surface area contributed by atoms with Gasteiger partial charge in [-0.15, -0.1) is 11.3 Å². The summed E-state index contributed by atoms with van der Waals surface area (Å²) in [5, 5.41) is 5.97. The Morgan fingerprint density at radius 3 is 2.78 bits per heavy atom. The van der Waals surface area contributed by atoms with Gasteiger partial charge in [0.05, 0.1) is 24.3 Å². The molecule has 1 aromatic heterocycles. The van der Waals surface area contributed by atoms with Crippen molar-refractivity contribution in [2.24, 2.45) is 0 Å². The van der Waals surface area contributed by atoms with Crippen LogP contribution >= 0.6 is 34.5 Å². The van der Waals surface area contributed by atoms with Gasteiger partial charge in [-0.05, 0) is 36.6 Å². The van der Waals surface area contributed by atoms with E-state index >= 15 is 0 Å². The maximum atomic E-state index is 12.5. The van der Waals surface area contributed by atoms with Gasteiger partial charge in [-0.1, -0.05) is 29.3 Å². The van der Waals surface area contributed by atoms with Crippen molar-refractivity contribution in [3.05, 3.63) is 50.6 Å². The molecule has 2 atom stereocenters. The van der Waals surface area contributed by atoms with Crippen molar-refractivity contribution >= 4 is 40.4 Å². The van der Waals surface area contributed by atoms with E-state index < -0.39 is 6.10 Å². The largest absolute Gasteiger partial charge is 0.479 e. The second-order valence-corrected chi connectivity index (χ2v) is 8.08. The molecule has 0 radical (unpaired) electrons. The number of hydrogen-bond donors (Lipinski definition) is 1. The van der Waals surface area contributed by atoms with Crippen molar-refractivity contribution in [2.45, 2.75) is 19.1 Å².